The molecule has 1 aliphatic rings. The summed E-state index contributed by atoms with van der Waals surface area (Å²) in [5.74, 6) is 1.59. The second-order valence-corrected chi connectivity index (χ2v) is 6.99. The normalized spacial score (nSPS) is 19.3. The van der Waals surface area contributed by atoms with Crippen molar-refractivity contribution >= 4 is 0 Å². The van der Waals surface area contributed by atoms with Gasteiger partial charge in [0.1, 0.15) is 0 Å². The molecule has 0 bridgehead atoms. The van der Waals surface area contributed by atoms with Crippen molar-refractivity contribution in [2.75, 3.05) is 19.6 Å². The molecule has 108 valence electrons. The zero-order valence-corrected chi connectivity index (χ0v) is 13.0. The molecule has 0 aromatic carbocycles. The number of hydrogen-bond acceptors (Lipinski definition) is 2. The molecule has 0 atom stereocenters. The lowest BCUT2D eigenvalue weighted by Gasteiger charge is -2.41. The third-order valence-electron chi connectivity index (χ3n) is 4.54. The van der Waals surface area contributed by atoms with Crippen molar-refractivity contribution in [1.29, 1.82) is 0 Å². The minimum absolute atomic E-state index is 0.337. The molecular weight excluding hydrogens is 220 g/mol. The fraction of sp³-hybridized carbons (Fsp3) is 1.00. The summed E-state index contributed by atoms with van der Waals surface area (Å²) in [4.78, 5) is 2.74. The molecular formula is C16H34N2. The average Bonchev–Trinajstić information content (AvgIpc) is 2.78. The molecule has 0 radical (unpaired) electrons. The van der Waals surface area contributed by atoms with Gasteiger partial charge in [0.2, 0.25) is 0 Å². The molecule has 0 spiro atoms. The molecule has 18 heavy (non-hydrogen) atoms. The molecule has 2 heteroatoms. The molecule has 0 aromatic heterocycles. The van der Waals surface area contributed by atoms with E-state index in [1.807, 2.05) is 0 Å². The van der Waals surface area contributed by atoms with Crippen molar-refractivity contribution in [3.05, 3.63) is 0 Å². The fourth-order valence-electron chi connectivity index (χ4n) is 3.10. The molecule has 0 saturated heterocycles. The molecule has 1 rings (SSSR count). The van der Waals surface area contributed by atoms with Gasteiger partial charge in [-0.25, -0.2) is 0 Å². The molecule has 0 heterocycles. The van der Waals surface area contributed by atoms with E-state index >= 15 is 0 Å². The smallest absolute Gasteiger partial charge is 0.0331 e. The number of nitrogens with zero attached hydrogens (tertiary/aromatic N) is 1. The van der Waals surface area contributed by atoms with E-state index in [4.69, 9.17) is 5.73 Å². The van der Waals surface area contributed by atoms with Gasteiger partial charge in [0.05, 0.1) is 0 Å². The Labute approximate surface area is 114 Å². The monoisotopic (exact) mass is 254 g/mol. The van der Waals surface area contributed by atoms with Gasteiger partial charge in [-0.15, -0.1) is 0 Å². The van der Waals surface area contributed by atoms with Crippen LogP contribution in [0.15, 0.2) is 0 Å². The van der Waals surface area contributed by atoms with Crippen molar-refractivity contribution in [3.63, 3.8) is 0 Å². The van der Waals surface area contributed by atoms with E-state index in [9.17, 15) is 0 Å². The Bertz CT molecular complexity index is 205. The van der Waals surface area contributed by atoms with E-state index in [1.165, 1.54) is 51.6 Å². The molecule has 0 unspecified atom stereocenters. The quantitative estimate of drug-likeness (QED) is 0.716. The summed E-state index contributed by atoms with van der Waals surface area (Å²) in [7, 11) is 0. The van der Waals surface area contributed by atoms with Gasteiger partial charge in [0.25, 0.3) is 0 Å². The Balaban J connectivity index is 2.61. The van der Waals surface area contributed by atoms with Gasteiger partial charge < -0.3 is 5.73 Å². The highest BCUT2D eigenvalue weighted by Gasteiger charge is 2.37. The minimum atomic E-state index is 0.337. The van der Waals surface area contributed by atoms with Crippen LogP contribution in [0, 0.1) is 11.8 Å². The Morgan fingerprint density at radius 1 is 0.944 bits per heavy atom. The zero-order valence-electron chi connectivity index (χ0n) is 13.0. The van der Waals surface area contributed by atoms with Gasteiger partial charge in [-0.1, -0.05) is 40.5 Å². The maximum atomic E-state index is 6.14. The standard InChI is InChI=1S/C16H34N2/c1-14(2)7-11-18(12-8-15(3)4)16(13-17)9-5-6-10-16/h14-15H,5-13,17H2,1-4H3. The second kappa shape index (κ2) is 7.49. The summed E-state index contributed by atoms with van der Waals surface area (Å²) in [5, 5.41) is 0. The van der Waals surface area contributed by atoms with Gasteiger partial charge in [0, 0.05) is 12.1 Å². The highest BCUT2D eigenvalue weighted by Crippen LogP contribution is 2.35. The zero-order chi connectivity index (χ0) is 13.6. The van der Waals surface area contributed by atoms with E-state index < -0.39 is 0 Å². The third-order valence-corrected chi connectivity index (χ3v) is 4.54. The van der Waals surface area contributed by atoms with Crippen molar-refractivity contribution in [2.24, 2.45) is 17.6 Å². The van der Waals surface area contributed by atoms with E-state index in [0.717, 1.165) is 18.4 Å². The van der Waals surface area contributed by atoms with Crippen molar-refractivity contribution in [3.8, 4) is 0 Å². The largest absolute Gasteiger partial charge is 0.329 e. The van der Waals surface area contributed by atoms with E-state index in [2.05, 4.69) is 32.6 Å². The van der Waals surface area contributed by atoms with Crippen LogP contribution in [-0.4, -0.2) is 30.1 Å². The summed E-state index contributed by atoms with van der Waals surface area (Å²) < 4.78 is 0. The molecule has 2 nitrogen and oxygen atoms in total. The minimum Gasteiger partial charge on any atom is -0.329 e. The first-order valence-corrected chi connectivity index (χ1v) is 7.95. The van der Waals surface area contributed by atoms with Gasteiger partial charge in [-0.05, 0) is 50.6 Å². The molecule has 0 amide bonds. The summed E-state index contributed by atoms with van der Waals surface area (Å²) in [6.45, 7) is 12.6. The predicted molar refractivity (Wildman–Crippen MR) is 80.7 cm³/mol. The van der Waals surface area contributed by atoms with Crippen molar-refractivity contribution < 1.29 is 0 Å². The van der Waals surface area contributed by atoms with Gasteiger partial charge >= 0.3 is 0 Å². The van der Waals surface area contributed by atoms with Crippen LogP contribution in [0.25, 0.3) is 0 Å². The first-order chi connectivity index (χ1) is 8.50. The molecule has 2 N–H and O–H groups in total. The predicted octanol–water partition coefficient (Wildman–Crippen LogP) is 3.65. The molecule has 1 fully saturated rings. The highest BCUT2D eigenvalue weighted by molar-refractivity contribution is 4.95. The van der Waals surface area contributed by atoms with Crippen LogP contribution >= 0.6 is 0 Å². The molecule has 1 saturated carbocycles. The SMILES string of the molecule is CC(C)CCN(CCC(C)C)C1(CN)CCCC1. The van der Waals surface area contributed by atoms with Crippen molar-refractivity contribution in [1.82, 2.24) is 4.90 Å². The third kappa shape index (κ3) is 4.55. The van der Waals surface area contributed by atoms with E-state index in [1.54, 1.807) is 0 Å². The summed E-state index contributed by atoms with van der Waals surface area (Å²) in [6.07, 6.45) is 7.99. The lowest BCUT2D eigenvalue weighted by Crippen LogP contribution is -2.53. The Morgan fingerprint density at radius 3 is 1.72 bits per heavy atom. The molecule has 0 aliphatic heterocycles. The van der Waals surface area contributed by atoms with Gasteiger partial charge in [0.15, 0.2) is 0 Å². The Hall–Kier alpha value is -0.0800. The molecule has 0 aromatic rings. The van der Waals surface area contributed by atoms with Crippen LogP contribution in [-0.2, 0) is 0 Å². The van der Waals surface area contributed by atoms with Crippen molar-refractivity contribution in [2.45, 2.75) is 71.8 Å². The first kappa shape index (κ1) is 16.0. The maximum Gasteiger partial charge on any atom is 0.0331 e. The summed E-state index contributed by atoms with van der Waals surface area (Å²) in [5.41, 5.74) is 6.48. The van der Waals surface area contributed by atoms with Crippen LogP contribution < -0.4 is 5.73 Å². The van der Waals surface area contributed by atoms with E-state index in [-0.39, 0.29) is 0 Å². The number of rotatable bonds is 8. The Kier molecular flexibility index (Phi) is 6.65. The first-order valence-electron chi connectivity index (χ1n) is 7.95. The van der Waals surface area contributed by atoms with E-state index in [0.29, 0.717) is 5.54 Å². The highest BCUT2D eigenvalue weighted by atomic mass is 15.2. The van der Waals surface area contributed by atoms with Crippen LogP contribution in [0.4, 0.5) is 0 Å². The Morgan fingerprint density at radius 2 is 1.39 bits per heavy atom. The second-order valence-electron chi connectivity index (χ2n) is 6.99. The van der Waals surface area contributed by atoms with Gasteiger partial charge in [-0.2, -0.15) is 0 Å². The average molecular weight is 254 g/mol. The van der Waals surface area contributed by atoms with Crippen LogP contribution in [0.3, 0.4) is 0 Å². The lowest BCUT2D eigenvalue weighted by molar-refractivity contribution is 0.0874. The number of nitrogens with two attached hydrogens (primary N) is 1. The van der Waals surface area contributed by atoms with Gasteiger partial charge in [-0.3, -0.25) is 4.90 Å². The fourth-order valence-corrected chi connectivity index (χ4v) is 3.10. The lowest BCUT2D eigenvalue weighted by atomic mass is 9.93. The molecule has 1 aliphatic carbocycles. The van der Waals surface area contributed by atoms with Crippen LogP contribution in [0.5, 0.6) is 0 Å². The topological polar surface area (TPSA) is 29.3 Å². The summed E-state index contributed by atoms with van der Waals surface area (Å²) in [6, 6.07) is 0. The maximum absolute atomic E-state index is 6.14. The summed E-state index contributed by atoms with van der Waals surface area (Å²) >= 11 is 0. The van der Waals surface area contributed by atoms with Crippen LogP contribution in [0.2, 0.25) is 0 Å². The number of hydrogen-bond donors (Lipinski definition) is 1. The van der Waals surface area contributed by atoms with Crippen LogP contribution in [0.1, 0.15) is 66.2 Å².